The number of likely N-dealkylation sites (tertiary alicyclic amines) is 1. The second-order valence-electron chi connectivity index (χ2n) is 7.33. The molecule has 0 unspecified atom stereocenters. The second kappa shape index (κ2) is 8.35. The van der Waals surface area contributed by atoms with Crippen LogP contribution in [-0.2, 0) is 4.79 Å². The van der Waals surface area contributed by atoms with Gasteiger partial charge in [0, 0.05) is 34.7 Å². The number of hydrogen-bond donors (Lipinski definition) is 1. The molecule has 2 rings (SSSR count). The molecule has 144 valence electrons. The third-order valence-corrected chi connectivity index (χ3v) is 4.75. The van der Waals surface area contributed by atoms with Crippen LogP contribution in [0.25, 0.3) is 0 Å². The molecule has 0 radical (unpaired) electrons. The monoisotopic (exact) mass is 402 g/mol. The van der Waals surface area contributed by atoms with E-state index >= 15 is 0 Å². The van der Waals surface area contributed by atoms with E-state index in [0.717, 1.165) is 0 Å². The molecule has 1 aromatic rings. The Labute approximate surface area is 163 Å². The quantitative estimate of drug-likeness (QED) is 0.821. The average molecular weight is 403 g/mol. The van der Waals surface area contributed by atoms with Gasteiger partial charge in [0.2, 0.25) is 0 Å². The summed E-state index contributed by atoms with van der Waals surface area (Å²) < 4.78 is 5.48. The van der Waals surface area contributed by atoms with E-state index in [2.05, 4.69) is 0 Å². The maximum Gasteiger partial charge on any atom is 0.407 e. The number of ether oxygens (including phenoxy) is 1. The van der Waals surface area contributed by atoms with Crippen molar-refractivity contribution in [3.8, 4) is 5.75 Å². The zero-order valence-electron chi connectivity index (χ0n) is 15.2. The Hall–Kier alpha value is -1.66. The van der Waals surface area contributed by atoms with E-state index in [1.807, 2.05) is 20.8 Å². The highest BCUT2D eigenvalue weighted by Gasteiger charge is 2.35. The van der Waals surface area contributed by atoms with Crippen LogP contribution in [-0.4, -0.2) is 58.2 Å². The molecule has 0 aliphatic carbocycles. The predicted molar refractivity (Wildman–Crippen MR) is 101 cm³/mol. The fourth-order valence-corrected chi connectivity index (χ4v) is 3.72. The van der Waals surface area contributed by atoms with Crippen LogP contribution in [0.2, 0.25) is 10.0 Å². The van der Waals surface area contributed by atoms with Crippen molar-refractivity contribution in [3.05, 3.63) is 28.2 Å². The molecule has 2 amide bonds. The first-order valence-corrected chi connectivity index (χ1v) is 9.22. The maximum absolute atomic E-state index is 12.4. The van der Waals surface area contributed by atoms with E-state index in [4.69, 9.17) is 27.9 Å². The first kappa shape index (κ1) is 20.6. The lowest BCUT2D eigenvalue weighted by Crippen LogP contribution is -2.55. The standard InChI is InChI=1S/C18H24Cl2N2O4/c1-18(2,3)22(17(24)25)14-4-6-21(7-5-14)16(23)11-26-15-9-12(19)8-13(20)10-15/h8-10,14H,4-7,11H2,1-3H3,(H,24,25). The Bertz CT molecular complexity index is 647. The number of piperidine rings is 1. The molecule has 1 aromatic carbocycles. The molecule has 1 aliphatic rings. The van der Waals surface area contributed by atoms with Crippen LogP contribution in [0.1, 0.15) is 33.6 Å². The largest absolute Gasteiger partial charge is 0.484 e. The molecule has 1 aliphatic heterocycles. The number of rotatable bonds is 4. The van der Waals surface area contributed by atoms with Crippen LogP contribution in [0.15, 0.2) is 18.2 Å². The van der Waals surface area contributed by atoms with Crippen LogP contribution in [0.5, 0.6) is 5.75 Å². The highest BCUT2D eigenvalue weighted by atomic mass is 35.5. The molecule has 1 heterocycles. The molecule has 1 saturated heterocycles. The van der Waals surface area contributed by atoms with Crippen molar-refractivity contribution in [3.63, 3.8) is 0 Å². The summed E-state index contributed by atoms with van der Waals surface area (Å²) in [6.45, 7) is 6.53. The topological polar surface area (TPSA) is 70.1 Å². The van der Waals surface area contributed by atoms with Crippen LogP contribution in [0.3, 0.4) is 0 Å². The van der Waals surface area contributed by atoms with Crippen molar-refractivity contribution in [1.29, 1.82) is 0 Å². The number of carbonyl (C=O) groups is 2. The summed E-state index contributed by atoms with van der Waals surface area (Å²) in [6.07, 6.45) is 0.291. The molecule has 0 saturated carbocycles. The second-order valence-corrected chi connectivity index (χ2v) is 8.20. The summed E-state index contributed by atoms with van der Waals surface area (Å²) in [4.78, 5) is 27.1. The van der Waals surface area contributed by atoms with E-state index < -0.39 is 11.6 Å². The van der Waals surface area contributed by atoms with E-state index in [1.54, 1.807) is 23.1 Å². The molecule has 8 heteroatoms. The van der Waals surface area contributed by atoms with Crippen LogP contribution >= 0.6 is 23.2 Å². The van der Waals surface area contributed by atoms with Crippen molar-refractivity contribution < 1.29 is 19.4 Å². The van der Waals surface area contributed by atoms with Gasteiger partial charge in [-0.05, 0) is 51.8 Å². The smallest absolute Gasteiger partial charge is 0.407 e. The van der Waals surface area contributed by atoms with Gasteiger partial charge in [-0.2, -0.15) is 0 Å². The van der Waals surface area contributed by atoms with Gasteiger partial charge in [-0.25, -0.2) is 4.79 Å². The summed E-state index contributed by atoms with van der Waals surface area (Å²) in [7, 11) is 0. The zero-order chi connectivity index (χ0) is 19.5. The molecule has 0 spiro atoms. The minimum absolute atomic E-state index is 0.0933. The van der Waals surface area contributed by atoms with Gasteiger partial charge in [0.15, 0.2) is 6.61 Å². The molecule has 0 aromatic heterocycles. The lowest BCUT2D eigenvalue weighted by atomic mass is 9.97. The van der Waals surface area contributed by atoms with Crippen molar-refractivity contribution in [2.45, 2.75) is 45.2 Å². The van der Waals surface area contributed by atoms with E-state index in [0.29, 0.717) is 41.7 Å². The van der Waals surface area contributed by atoms with Gasteiger partial charge >= 0.3 is 6.09 Å². The van der Waals surface area contributed by atoms with Gasteiger partial charge in [0.05, 0.1) is 0 Å². The highest BCUT2D eigenvalue weighted by Crippen LogP contribution is 2.26. The summed E-state index contributed by atoms with van der Waals surface area (Å²) in [6, 6.07) is 4.69. The Morgan fingerprint density at radius 2 is 1.73 bits per heavy atom. The average Bonchev–Trinajstić information content (AvgIpc) is 2.50. The van der Waals surface area contributed by atoms with E-state index in [1.165, 1.54) is 4.90 Å². The zero-order valence-corrected chi connectivity index (χ0v) is 16.7. The van der Waals surface area contributed by atoms with Crippen molar-refractivity contribution in [1.82, 2.24) is 9.80 Å². The minimum Gasteiger partial charge on any atom is -0.484 e. The third-order valence-electron chi connectivity index (χ3n) is 4.31. The molecular formula is C18H24Cl2N2O4. The van der Waals surface area contributed by atoms with Gasteiger partial charge < -0.3 is 19.6 Å². The van der Waals surface area contributed by atoms with Crippen LogP contribution in [0, 0.1) is 0 Å². The van der Waals surface area contributed by atoms with Gasteiger partial charge in [-0.3, -0.25) is 4.79 Å². The summed E-state index contributed by atoms with van der Waals surface area (Å²) in [5.74, 6) is 0.299. The summed E-state index contributed by atoms with van der Waals surface area (Å²) >= 11 is 11.8. The number of halogens is 2. The first-order valence-electron chi connectivity index (χ1n) is 8.47. The fourth-order valence-electron chi connectivity index (χ4n) is 3.21. The number of carboxylic acid groups (broad SMARTS) is 1. The predicted octanol–water partition coefficient (Wildman–Crippen LogP) is 4.14. The Kier molecular flexibility index (Phi) is 6.64. The number of carbonyl (C=O) groups excluding carboxylic acids is 1. The van der Waals surface area contributed by atoms with Gasteiger partial charge in [-0.15, -0.1) is 0 Å². The molecule has 0 bridgehead atoms. The normalized spacial score (nSPS) is 15.7. The molecule has 1 fully saturated rings. The van der Waals surface area contributed by atoms with Crippen molar-refractivity contribution >= 4 is 35.2 Å². The molecule has 6 nitrogen and oxygen atoms in total. The van der Waals surface area contributed by atoms with Gasteiger partial charge in [-0.1, -0.05) is 23.2 Å². The highest BCUT2D eigenvalue weighted by molar-refractivity contribution is 6.34. The Morgan fingerprint density at radius 1 is 1.19 bits per heavy atom. The molecular weight excluding hydrogens is 379 g/mol. The van der Waals surface area contributed by atoms with Crippen molar-refractivity contribution in [2.24, 2.45) is 0 Å². The fraction of sp³-hybridized carbons (Fsp3) is 0.556. The number of benzene rings is 1. The number of amides is 2. The minimum atomic E-state index is -0.927. The maximum atomic E-state index is 12.4. The molecule has 26 heavy (non-hydrogen) atoms. The van der Waals surface area contributed by atoms with Gasteiger partial charge in [0.25, 0.3) is 5.91 Å². The molecule has 1 N–H and O–H groups in total. The lowest BCUT2D eigenvalue weighted by molar-refractivity contribution is -0.135. The van der Waals surface area contributed by atoms with Crippen LogP contribution < -0.4 is 4.74 Å². The van der Waals surface area contributed by atoms with Gasteiger partial charge in [0.1, 0.15) is 5.75 Å². The lowest BCUT2D eigenvalue weighted by Gasteiger charge is -2.43. The van der Waals surface area contributed by atoms with E-state index in [-0.39, 0.29) is 18.6 Å². The number of nitrogens with zero attached hydrogens (tertiary/aromatic N) is 2. The molecule has 0 atom stereocenters. The van der Waals surface area contributed by atoms with E-state index in [9.17, 15) is 14.7 Å². The summed E-state index contributed by atoms with van der Waals surface area (Å²) in [5.41, 5.74) is -0.475. The Balaban J connectivity index is 1.89. The van der Waals surface area contributed by atoms with Crippen LogP contribution in [0.4, 0.5) is 4.79 Å². The third kappa shape index (κ3) is 5.42. The SMILES string of the molecule is CC(C)(C)N(C(=O)O)C1CCN(C(=O)COc2cc(Cl)cc(Cl)c2)CC1. The number of hydrogen-bond acceptors (Lipinski definition) is 3. The summed E-state index contributed by atoms with van der Waals surface area (Å²) in [5, 5.41) is 10.4. The van der Waals surface area contributed by atoms with Crippen molar-refractivity contribution in [2.75, 3.05) is 19.7 Å². The first-order chi connectivity index (χ1) is 12.1. The Morgan fingerprint density at radius 3 is 2.19 bits per heavy atom.